The lowest BCUT2D eigenvalue weighted by Crippen LogP contribution is -2.13. The minimum Gasteiger partial charge on any atom is -0.464 e. The van der Waals surface area contributed by atoms with Crippen molar-refractivity contribution in [3.63, 3.8) is 0 Å². The molecule has 0 amide bonds. The van der Waals surface area contributed by atoms with E-state index in [1.807, 2.05) is 6.26 Å². The van der Waals surface area contributed by atoms with Gasteiger partial charge in [0.1, 0.15) is 17.7 Å². The molecule has 7 rings (SSSR count). The van der Waals surface area contributed by atoms with Gasteiger partial charge in [-0.15, -0.1) is 0 Å². The summed E-state index contributed by atoms with van der Waals surface area (Å²) in [6, 6.07) is 41.2. The van der Waals surface area contributed by atoms with Crippen LogP contribution in [0.5, 0.6) is 0 Å². The standard InChI is InChI=1S/C41H38N2O/c1-40(2,3)29-21-22-31-34(26-44-37(31)25-29)39-42-35-19-13-14-20-36(35)43(39)38-32(27-15-9-7-10-16-27)23-30(41(4,5)6)24-33(38)28-17-11-8-12-18-28/h7-26H,1-6H3. The molecule has 7 aromatic rings. The molecule has 0 unspecified atom stereocenters. The van der Waals surface area contributed by atoms with Crippen molar-refractivity contribution in [2.24, 2.45) is 0 Å². The molecule has 0 aliphatic heterocycles. The van der Waals surface area contributed by atoms with Gasteiger partial charge in [0.2, 0.25) is 0 Å². The molecule has 0 saturated heterocycles. The number of hydrogen-bond donors (Lipinski definition) is 0. The lowest BCUT2D eigenvalue weighted by molar-refractivity contribution is 0.583. The van der Waals surface area contributed by atoms with Crippen molar-refractivity contribution >= 4 is 22.0 Å². The fourth-order valence-electron chi connectivity index (χ4n) is 6.08. The van der Waals surface area contributed by atoms with Gasteiger partial charge in [0.15, 0.2) is 0 Å². The van der Waals surface area contributed by atoms with E-state index in [0.717, 1.165) is 39.1 Å². The van der Waals surface area contributed by atoms with E-state index >= 15 is 0 Å². The smallest absolute Gasteiger partial charge is 0.149 e. The number of furan rings is 1. The van der Waals surface area contributed by atoms with E-state index in [9.17, 15) is 0 Å². The second kappa shape index (κ2) is 10.4. The summed E-state index contributed by atoms with van der Waals surface area (Å²) in [6.07, 6.45) is 1.88. The van der Waals surface area contributed by atoms with Gasteiger partial charge >= 0.3 is 0 Å². The Bertz CT molecular complexity index is 2060. The van der Waals surface area contributed by atoms with Crippen LogP contribution in [0.1, 0.15) is 52.7 Å². The molecule has 0 aliphatic carbocycles. The summed E-state index contributed by atoms with van der Waals surface area (Å²) in [7, 11) is 0. The van der Waals surface area contributed by atoms with E-state index in [4.69, 9.17) is 9.40 Å². The molecule has 2 heterocycles. The van der Waals surface area contributed by atoms with Gasteiger partial charge in [0.05, 0.1) is 22.3 Å². The Morgan fingerprint density at radius 2 is 1.14 bits per heavy atom. The summed E-state index contributed by atoms with van der Waals surface area (Å²) in [5.74, 6) is 0.867. The van der Waals surface area contributed by atoms with E-state index in [0.29, 0.717) is 0 Å². The van der Waals surface area contributed by atoms with E-state index in [1.165, 1.54) is 33.4 Å². The van der Waals surface area contributed by atoms with Gasteiger partial charge in [-0.05, 0) is 63.4 Å². The molecule has 0 N–H and O–H groups in total. The highest BCUT2D eigenvalue weighted by molar-refractivity contribution is 5.98. The van der Waals surface area contributed by atoms with Gasteiger partial charge in [-0.1, -0.05) is 126 Å². The fraction of sp³-hybridized carbons (Fsp3) is 0.195. The molecule has 2 aromatic heterocycles. The molecule has 0 saturated carbocycles. The zero-order valence-corrected chi connectivity index (χ0v) is 26.3. The molecular weight excluding hydrogens is 536 g/mol. The topological polar surface area (TPSA) is 31.0 Å². The largest absolute Gasteiger partial charge is 0.464 e. The van der Waals surface area contributed by atoms with Gasteiger partial charge in [-0.2, -0.15) is 0 Å². The number of aromatic nitrogens is 2. The molecule has 0 spiro atoms. The van der Waals surface area contributed by atoms with Crippen molar-refractivity contribution in [3.05, 3.63) is 133 Å². The van der Waals surface area contributed by atoms with Gasteiger partial charge in [0, 0.05) is 16.5 Å². The maximum Gasteiger partial charge on any atom is 0.149 e. The number of imidazole rings is 1. The average Bonchev–Trinajstić information content (AvgIpc) is 3.61. The van der Waals surface area contributed by atoms with Crippen molar-refractivity contribution in [1.29, 1.82) is 0 Å². The highest BCUT2D eigenvalue weighted by Gasteiger charge is 2.26. The molecule has 0 fully saturated rings. The van der Waals surface area contributed by atoms with E-state index < -0.39 is 0 Å². The van der Waals surface area contributed by atoms with Crippen LogP contribution in [-0.2, 0) is 10.8 Å². The third-order valence-corrected chi connectivity index (χ3v) is 8.61. The van der Waals surface area contributed by atoms with Gasteiger partial charge in [-0.3, -0.25) is 4.57 Å². The van der Waals surface area contributed by atoms with Crippen molar-refractivity contribution in [1.82, 2.24) is 9.55 Å². The maximum atomic E-state index is 6.27. The van der Waals surface area contributed by atoms with Crippen LogP contribution >= 0.6 is 0 Å². The number of hydrogen-bond acceptors (Lipinski definition) is 2. The van der Waals surface area contributed by atoms with Crippen LogP contribution in [0, 0.1) is 0 Å². The van der Waals surface area contributed by atoms with Crippen LogP contribution in [-0.4, -0.2) is 9.55 Å². The molecule has 5 aromatic carbocycles. The Labute approximate surface area is 259 Å². The molecule has 3 heteroatoms. The molecule has 3 nitrogen and oxygen atoms in total. The Kier molecular flexibility index (Phi) is 6.58. The van der Waals surface area contributed by atoms with E-state index in [1.54, 1.807) is 0 Å². The third-order valence-electron chi connectivity index (χ3n) is 8.61. The predicted molar refractivity (Wildman–Crippen MR) is 185 cm³/mol. The van der Waals surface area contributed by atoms with Gasteiger partial charge < -0.3 is 4.42 Å². The predicted octanol–water partition coefficient (Wildman–Crippen LogP) is 11.4. The second-order valence-electron chi connectivity index (χ2n) is 13.8. The Balaban J connectivity index is 1.62. The Hall–Kier alpha value is -4.89. The van der Waals surface area contributed by atoms with Crippen molar-refractivity contribution in [2.45, 2.75) is 52.4 Å². The van der Waals surface area contributed by atoms with Crippen LogP contribution in [0.2, 0.25) is 0 Å². The molecule has 0 radical (unpaired) electrons. The van der Waals surface area contributed by atoms with Gasteiger partial charge in [-0.25, -0.2) is 4.98 Å². The summed E-state index contributed by atoms with van der Waals surface area (Å²) in [4.78, 5) is 5.30. The summed E-state index contributed by atoms with van der Waals surface area (Å²) in [6.45, 7) is 13.5. The molecule has 0 aliphatic rings. The van der Waals surface area contributed by atoms with E-state index in [2.05, 4.69) is 161 Å². The number of benzene rings is 5. The molecule has 0 atom stereocenters. The minimum atomic E-state index is -0.0447. The van der Waals surface area contributed by atoms with Crippen molar-refractivity contribution in [3.8, 4) is 39.3 Å². The highest BCUT2D eigenvalue weighted by Crippen LogP contribution is 2.44. The zero-order valence-electron chi connectivity index (χ0n) is 26.3. The minimum absolute atomic E-state index is 0.0261. The SMILES string of the molecule is CC(C)(C)c1cc(-c2ccccc2)c(-n2c(-c3coc4cc(C(C)(C)C)ccc34)nc3ccccc32)c(-c2ccccc2)c1. The van der Waals surface area contributed by atoms with Crippen LogP contribution in [0.3, 0.4) is 0 Å². The first-order valence-corrected chi connectivity index (χ1v) is 15.4. The lowest BCUT2D eigenvalue weighted by atomic mass is 9.82. The highest BCUT2D eigenvalue weighted by atomic mass is 16.3. The van der Waals surface area contributed by atoms with Crippen LogP contribution in [0.4, 0.5) is 0 Å². The monoisotopic (exact) mass is 574 g/mol. The number of para-hydroxylation sites is 2. The quantitative estimate of drug-likeness (QED) is 0.209. The first-order valence-electron chi connectivity index (χ1n) is 15.4. The van der Waals surface area contributed by atoms with Crippen molar-refractivity contribution < 1.29 is 4.42 Å². The maximum absolute atomic E-state index is 6.27. The average molecular weight is 575 g/mol. The molecule has 218 valence electrons. The van der Waals surface area contributed by atoms with E-state index in [-0.39, 0.29) is 10.8 Å². The summed E-state index contributed by atoms with van der Waals surface area (Å²) < 4.78 is 8.62. The van der Waals surface area contributed by atoms with Crippen LogP contribution in [0.25, 0.3) is 61.3 Å². The molecular formula is C41H38N2O. The first-order chi connectivity index (χ1) is 21.1. The number of nitrogens with zero attached hydrogens (tertiary/aromatic N) is 2. The Morgan fingerprint density at radius 1 is 0.568 bits per heavy atom. The lowest BCUT2D eigenvalue weighted by Gasteiger charge is -2.26. The molecule has 0 bridgehead atoms. The van der Waals surface area contributed by atoms with Crippen LogP contribution in [0.15, 0.2) is 126 Å². The second-order valence-corrected chi connectivity index (χ2v) is 13.8. The normalized spacial score (nSPS) is 12.3. The Morgan fingerprint density at radius 3 is 1.73 bits per heavy atom. The third kappa shape index (κ3) is 4.83. The van der Waals surface area contributed by atoms with Crippen molar-refractivity contribution in [2.75, 3.05) is 0 Å². The summed E-state index contributed by atoms with van der Waals surface area (Å²) >= 11 is 0. The van der Waals surface area contributed by atoms with Gasteiger partial charge in [0.25, 0.3) is 0 Å². The zero-order chi connectivity index (χ0) is 30.6. The summed E-state index contributed by atoms with van der Waals surface area (Å²) in [5, 5.41) is 1.06. The first kappa shape index (κ1) is 27.9. The van der Waals surface area contributed by atoms with Crippen LogP contribution < -0.4 is 0 Å². The molecule has 44 heavy (non-hydrogen) atoms. The fourth-order valence-corrected chi connectivity index (χ4v) is 6.08. The number of fused-ring (bicyclic) bond motifs is 2. The summed E-state index contributed by atoms with van der Waals surface area (Å²) in [5.41, 5.74) is 12.2. The number of rotatable bonds is 4.